The molecule has 30 heavy (non-hydrogen) atoms. The molecule has 3 aliphatic rings. The average molecular weight is 439 g/mol. The highest BCUT2D eigenvalue weighted by Gasteiger charge is 2.36. The predicted octanol–water partition coefficient (Wildman–Crippen LogP) is 1.89. The molecule has 0 aromatic rings. The van der Waals surface area contributed by atoms with Crippen LogP contribution in [0, 0.1) is 11.8 Å². The van der Waals surface area contributed by atoms with Gasteiger partial charge in [-0.25, -0.2) is 5.43 Å². The molecular weight excluding hydrogens is 404 g/mol. The molecule has 1 saturated carbocycles. The summed E-state index contributed by atoms with van der Waals surface area (Å²) in [5.41, 5.74) is 2.44. The predicted molar refractivity (Wildman–Crippen MR) is 117 cm³/mol. The van der Waals surface area contributed by atoms with Crippen molar-refractivity contribution in [3.8, 4) is 0 Å². The van der Waals surface area contributed by atoms with Gasteiger partial charge in [-0.05, 0) is 45.4 Å². The van der Waals surface area contributed by atoms with Gasteiger partial charge < -0.3 is 15.0 Å². The van der Waals surface area contributed by atoms with Crippen LogP contribution in [-0.2, 0) is 19.1 Å². The summed E-state index contributed by atoms with van der Waals surface area (Å²) in [4.78, 5) is 40.6. The first kappa shape index (κ1) is 23.1. The van der Waals surface area contributed by atoms with Gasteiger partial charge in [-0.1, -0.05) is 31.0 Å². The van der Waals surface area contributed by atoms with Crippen molar-refractivity contribution in [3.63, 3.8) is 0 Å². The van der Waals surface area contributed by atoms with Gasteiger partial charge in [0.2, 0.25) is 11.7 Å². The summed E-state index contributed by atoms with van der Waals surface area (Å²) in [6.07, 6.45) is 6.23. The zero-order chi connectivity index (χ0) is 21.5. The summed E-state index contributed by atoms with van der Waals surface area (Å²) >= 11 is 1.57. The number of carbonyl (C=O) groups excluding carboxylic acids is 3. The molecule has 2 heterocycles. The van der Waals surface area contributed by atoms with Crippen molar-refractivity contribution in [1.29, 1.82) is 0 Å². The van der Waals surface area contributed by atoms with E-state index in [1.807, 2.05) is 6.92 Å². The number of Topliss-reactive ketones (excluding diaryl/α,β-unsaturated/α-hetero) is 1. The number of thioether (sulfide) groups is 1. The molecular formula is C21H34N4O4S. The highest BCUT2D eigenvalue weighted by atomic mass is 32.2. The van der Waals surface area contributed by atoms with E-state index in [9.17, 15) is 14.4 Å². The van der Waals surface area contributed by atoms with E-state index in [1.165, 1.54) is 0 Å². The Balaban J connectivity index is 1.66. The first-order valence-electron chi connectivity index (χ1n) is 11.2. The molecule has 0 spiro atoms. The van der Waals surface area contributed by atoms with Crippen LogP contribution in [0.15, 0.2) is 5.10 Å². The van der Waals surface area contributed by atoms with Crippen LogP contribution in [0.3, 0.4) is 0 Å². The number of hydrogen-bond acceptors (Lipinski definition) is 6. The largest absolute Gasteiger partial charge is 0.381 e. The maximum Gasteiger partial charge on any atom is 0.309 e. The highest BCUT2D eigenvalue weighted by molar-refractivity contribution is 8.14. The van der Waals surface area contributed by atoms with Gasteiger partial charge in [-0.15, -0.1) is 5.10 Å². The molecule has 2 N–H and O–H groups in total. The van der Waals surface area contributed by atoms with Crippen LogP contribution >= 0.6 is 11.8 Å². The van der Waals surface area contributed by atoms with E-state index < -0.39 is 17.7 Å². The molecule has 2 amide bonds. The fraction of sp³-hybridized carbons (Fsp3) is 0.810. The number of nitrogens with one attached hydrogen (secondary N) is 2. The maximum absolute atomic E-state index is 13.0. The highest BCUT2D eigenvalue weighted by Crippen LogP contribution is 2.26. The molecule has 3 rings (SSSR count). The normalized spacial score (nSPS) is 25.9. The summed E-state index contributed by atoms with van der Waals surface area (Å²) in [6, 6.07) is -0.475. The second-order valence-corrected chi connectivity index (χ2v) is 9.40. The van der Waals surface area contributed by atoms with Crippen molar-refractivity contribution in [2.75, 3.05) is 25.5 Å². The Bertz CT molecular complexity index is 659. The number of carbonyl (C=O) groups is 3. The van der Waals surface area contributed by atoms with E-state index in [-0.39, 0.29) is 17.7 Å². The van der Waals surface area contributed by atoms with Crippen molar-refractivity contribution < 1.29 is 19.1 Å². The van der Waals surface area contributed by atoms with Gasteiger partial charge in [0.25, 0.3) is 0 Å². The number of ketones is 1. The maximum atomic E-state index is 13.0. The first-order chi connectivity index (χ1) is 14.5. The molecule has 8 nitrogen and oxygen atoms in total. The summed E-state index contributed by atoms with van der Waals surface area (Å²) in [6.45, 7) is 6.01. The number of amides is 2. The van der Waals surface area contributed by atoms with Gasteiger partial charge in [0.15, 0.2) is 5.17 Å². The molecule has 0 aromatic carbocycles. The van der Waals surface area contributed by atoms with Crippen LogP contribution in [0.1, 0.15) is 58.8 Å². The lowest BCUT2D eigenvalue weighted by Crippen LogP contribution is -2.53. The Hall–Kier alpha value is -1.61. The first-order valence-corrected chi connectivity index (χ1v) is 12.2. The number of rotatable bonds is 7. The van der Waals surface area contributed by atoms with Crippen LogP contribution in [0.4, 0.5) is 0 Å². The topological polar surface area (TPSA) is 100 Å². The van der Waals surface area contributed by atoms with Gasteiger partial charge in [0.05, 0.1) is 0 Å². The Morgan fingerprint density at radius 2 is 1.87 bits per heavy atom. The SMILES string of the molecule is CCN1/C(=N/NC(=O)C(=O)[C@@H](NC(=O)C2CCCCC2)C2CCOCC2)SC[C@@H]1C. The molecule has 1 aliphatic carbocycles. The lowest BCUT2D eigenvalue weighted by molar-refractivity contribution is -0.142. The van der Waals surface area contributed by atoms with Gasteiger partial charge in [-0.2, -0.15) is 0 Å². The van der Waals surface area contributed by atoms with Crippen LogP contribution in [-0.4, -0.2) is 65.3 Å². The Labute approximate surface area is 182 Å². The molecule has 168 valence electrons. The van der Waals surface area contributed by atoms with Crippen LogP contribution < -0.4 is 10.7 Å². The summed E-state index contributed by atoms with van der Waals surface area (Å²) in [7, 11) is 0. The summed E-state index contributed by atoms with van der Waals surface area (Å²) in [5.74, 6) is -0.736. The third-order valence-corrected chi connectivity index (χ3v) is 7.58. The molecule has 2 aliphatic heterocycles. The van der Waals surface area contributed by atoms with Crippen molar-refractivity contribution in [1.82, 2.24) is 15.6 Å². The molecule has 3 fully saturated rings. The van der Waals surface area contributed by atoms with E-state index in [2.05, 4.69) is 27.7 Å². The third-order valence-electron chi connectivity index (χ3n) is 6.34. The second-order valence-electron chi connectivity index (χ2n) is 8.42. The van der Waals surface area contributed by atoms with Crippen LogP contribution in [0.5, 0.6) is 0 Å². The quantitative estimate of drug-likeness (QED) is 0.465. The molecule has 0 unspecified atom stereocenters. The van der Waals surface area contributed by atoms with Gasteiger partial charge >= 0.3 is 5.91 Å². The Kier molecular flexibility index (Phi) is 8.56. The van der Waals surface area contributed by atoms with Crippen molar-refractivity contribution >= 4 is 34.5 Å². The number of hydrazone groups is 1. The molecule has 0 bridgehead atoms. The van der Waals surface area contributed by atoms with Gasteiger partial charge in [0.1, 0.15) is 6.04 Å². The van der Waals surface area contributed by atoms with E-state index in [0.29, 0.717) is 32.1 Å². The summed E-state index contributed by atoms with van der Waals surface area (Å²) < 4.78 is 5.41. The average Bonchev–Trinajstić information content (AvgIpc) is 3.15. The van der Waals surface area contributed by atoms with Crippen LogP contribution in [0.25, 0.3) is 0 Å². The molecule has 2 atom stereocenters. The third kappa shape index (κ3) is 5.75. The van der Waals surface area contributed by atoms with Gasteiger partial charge in [-0.3, -0.25) is 14.4 Å². The van der Waals surface area contributed by atoms with E-state index in [4.69, 9.17) is 4.74 Å². The van der Waals surface area contributed by atoms with Crippen LogP contribution in [0.2, 0.25) is 0 Å². The van der Waals surface area contributed by atoms with E-state index in [1.54, 1.807) is 11.8 Å². The minimum atomic E-state index is -0.819. The Morgan fingerprint density at radius 1 is 1.17 bits per heavy atom. The molecule has 9 heteroatoms. The standard InChI is InChI=1S/C21H34N4O4S/c1-3-25-14(2)13-30-21(25)24-23-20(28)18(26)17(15-9-11-29-12-10-15)22-19(27)16-7-5-4-6-8-16/h14-17H,3-13H2,1-2H3,(H,22,27)(H,23,28)/b24-21-/t14-,17-/m0/s1. The lowest BCUT2D eigenvalue weighted by atomic mass is 9.85. The van der Waals surface area contributed by atoms with Gasteiger partial charge in [0, 0.05) is 37.5 Å². The minimum absolute atomic E-state index is 0.0633. The fourth-order valence-corrected chi connectivity index (χ4v) is 5.63. The van der Waals surface area contributed by atoms with E-state index in [0.717, 1.165) is 49.6 Å². The smallest absolute Gasteiger partial charge is 0.309 e. The Morgan fingerprint density at radius 3 is 2.53 bits per heavy atom. The number of nitrogens with zero attached hydrogens (tertiary/aromatic N) is 2. The monoisotopic (exact) mass is 438 g/mol. The zero-order valence-electron chi connectivity index (χ0n) is 18.0. The van der Waals surface area contributed by atoms with Crippen molar-refractivity contribution in [3.05, 3.63) is 0 Å². The number of ether oxygens (including phenoxy) is 1. The molecule has 0 aromatic heterocycles. The fourth-order valence-electron chi connectivity index (χ4n) is 4.48. The summed E-state index contributed by atoms with van der Waals surface area (Å²) in [5, 5.41) is 7.84. The molecule has 0 radical (unpaired) electrons. The second kappa shape index (κ2) is 11.1. The lowest BCUT2D eigenvalue weighted by Gasteiger charge is -2.31. The molecule has 2 saturated heterocycles. The zero-order valence-corrected chi connectivity index (χ0v) is 18.8. The van der Waals surface area contributed by atoms with Crippen molar-refractivity contribution in [2.45, 2.75) is 70.9 Å². The van der Waals surface area contributed by atoms with E-state index >= 15 is 0 Å². The number of hydrogen-bond donors (Lipinski definition) is 2. The number of amidine groups is 1. The van der Waals surface area contributed by atoms with Crippen molar-refractivity contribution in [2.24, 2.45) is 16.9 Å². The minimum Gasteiger partial charge on any atom is -0.381 e.